The summed E-state index contributed by atoms with van der Waals surface area (Å²) in [4.78, 5) is 4.64. The van der Waals surface area contributed by atoms with Crippen molar-refractivity contribution >= 4 is 11.3 Å². The summed E-state index contributed by atoms with van der Waals surface area (Å²) in [5.74, 6) is 8.06. The van der Waals surface area contributed by atoms with Crippen LogP contribution < -0.4 is 4.74 Å². The number of para-hydroxylation sites is 1. The van der Waals surface area contributed by atoms with Crippen molar-refractivity contribution in [2.45, 2.75) is 25.2 Å². The molecule has 4 rings (SSSR count). The second kappa shape index (κ2) is 6.42. The van der Waals surface area contributed by atoms with Gasteiger partial charge in [-0.25, -0.2) is 4.98 Å². The summed E-state index contributed by atoms with van der Waals surface area (Å²) < 4.78 is 5.52. The Morgan fingerprint density at radius 3 is 2.92 bits per heavy atom. The van der Waals surface area contributed by atoms with E-state index in [0.29, 0.717) is 17.5 Å². The lowest BCUT2D eigenvalue weighted by atomic mass is 9.83. The highest BCUT2D eigenvalue weighted by Crippen LogP contribution is 2.36. The van der Waals surface area contributed by atoms with E-state index in [2.05, 4.69) is 42.8 Å². The van der Waals surface area contributed by atoms with Gasteiger partial charge in [0.15, 0.2) is 5.01 Å². The lowest BCUT2D eigenvalue weighted by Crippen LogP contribution is -2.08. The minimum Gasteiger partial charge on any atom is -0.495 e. The molecule has 1 fully saturated rings. The van der Waals surface area contributed by atoms with Crippen LogP contribution in [0.4, 0.5) is 0 Å². The van der Waals surface area contributed by atoms with E-state index < -0.39 is 0 Å². The fourth-order valence-corrected chi connectivity index (χ4v) is 3.41. The summed E-state index contributed by atoms with van der Waals surface area (Å²) in [6, 6.07) is 5.70. The predicted octanol–water partition coefficient (Wildman–Crippen LogP) is 3.00. The smallest absolute Gasteiger partial charge is 0.208 e. The second-order valence-electron chi connectivity index (χ2n) is 5.58. The number of methoxy groups -OCH3 is 1. The summed E-state index contributed by atoms with van der Waals surface area (Å²) in [5, 5.41) is 17.0. The van der Waals surface area contributed by atoms with Crippen molar-refractivity contribution in [3.05, 3.63) is 39.8 Å². The van der Waals surface area contributed by atoms with Gasteiger partial charge in [0, 0.05) is 11.3 Å². The van der Waals surface area contributed by atoms with Gasteiger partial charge >= 0.3 is 0 Å². The quantitative estimate of drug-likeness (QED) is 0.744. The zero-order valence-corrected chi connectivity index (χ0v) is 13.9. The minimum absolute atomic E-state index is 0.483. The van der Waals surface area contributed by atoms with Crippen LogP contribution in [0.2, 0.25) is 0 Å². The largest absolute Gasteiger partial charge is 0.495 e. The second-order valence-corrected chi connectivity index (χ2v) is 6.44. The van der Waals surface area contributed by atoms with Gasteiger partial charge in [-0.2, -0.15) is 5.21 Å². The number of hydrogen-bond acceptors (Lipinski definition) is 6. The zero-order valence-electron chi connectivity index (χ0n) is 13.1. The minimum atomic E-state index is 0.483. The molecule has 0 atom stereocenters. The number of thiazole rings is 1. The summed E-state index contributed by atoms with van der Waals surface area (Å²) in [7, 11) is 1.61. The van der Waals surface area contributed by atoms with Crippen molar-refractivity contribution in [3.63, 3.8) is 0 Å². The molecule has 6 nitrogen and oxygen atoms in total. The zero-order chi connectivity index (χ0) is 16.4. The van der Waals surface area contributed by atoms with E-state index in [1.807, 2.05) is 18.2 Å². The van der Waals surface area contributed by atoms with Crippen LogP contribution in [0.1, 0.15) is 41.4 Å². The van der Waals surface area contributed by atoms with Gasteiger partial charge in [-0.1, -0.05) is 18.4 Å². The maximum absolute atomic E-state index is 5.52. The number of hydrogen-bond donors (Lipinski definition) is 1. The molecular weight excluding hydrogens is 322 g/mol. The van der Waals surface area contributed by atoms with Crippen LogP contribution in [0.15, 0.2) is 23.6 Å². The van der Waals surface area contributed by atoms with Gasteiger partial charge in [-0.05, 0) is 36.1 Å². The molecule has 0 unspecified atom stereocenters. The predicted molar refractivity (Wildman–Crippen MR) is 90.9 cm³/mol. The number of aromatic nitrogens is 5. The first kappa shape index (κ1) is 14.8. The molecule has 0 amide bonds. The van der Waals surface area contributed by atoms with Crippen LogP contribution in [-0.4, -0.2) is 32.7 Å². The molecule has 3 aromatic rings. The normalized spacial score (nSPS) is 13.9. The SMILES string of the molecule is COc1c(C#Cc2nc(C3CCC3)cs2)cccc1-c1nn[nH]n1. The molecule has 0 aliphatic heterocycles. The Morgan fingerprint density at radius 1 is 1.29 bits per heavy atom. The number of aromatic amines is 1. The molecule has 1 aromatic carbocycles. The summed E-state index contributed by atoms with van der Waals surface area (Å²) in [6.45, 7) is 0. The Bertz CT molecular complexity index is 903. The molecule has 1 N–H and O–H groups in total. The van der Waals surface area contributed by atoms with E-state index in [1.165, 1.54) is 25.0 Å². The first-order chi connectivity index (χ1) is 11.8. The van der Waals surface area contributed by atoms with E-state index in [4.69, 9.17) is 4.74 Å². The number of nitrogens with one attached hydrogen (secondary N) is 1. The highest BCUT2D eigenvalue weighted by atomic mass is 32.1. The fraction of sp³-hybridized carbons (Fsp3) is 0.294. The topological polar surface area (TPSA) is 76.6 Å². The maximum Gasteiger partial charge on any atom is 0.208 e. The highest BCUT2D eigenvalue weighted by molar-refractivity contribution is 7.10. The number of rotatable bonds is 3. The molecule has 1 saturated carbocycles. The summed E-state index contributed by atoms with van der Waals surface area (Å²) in [5.41, 5.74) is 2.72. The lowest BCUT2D eigenvalue weighted by molar-refractivity contribution is 0.412. The first-order valence-corrected chi connectivity index (χ1v) is 8.61. The van der Waals surface area contributed by atoms with Gasteiger partial charge in [-0.3, -0.25) is 0 Å². The monoisotopic (exact) mass is 337 g/mol. The number of H-pyrrole nitrogens is 1. The molecule has 0 spiro atoms. The van der Waals surface area contributed by atoms with Crippen LogP contribution in [0.5, 0.6) is 5.75 Å². The third kappa shape index (κ3) is 2.76. The summed E-state index contributed by atoms with van der Waals surface area (Å²) >= 11 is 1.60. The van der Waals surface area contributed by atoms with Crippen molar-refractivity contribution in [1.82, 2.24) is 25.6 Å². The van der Waals surface area contributed by atoms with Gasteiger partial charge in [0.2, 0.25) is 5.82 Å². The summed E-state index contributed by atoms with van der Waals surface area (Å²) in [6.07, 6.45) is 3.80. The van der Waals surface area contributed by atoms with Crippen molar-refractivity contribution < 1.29 is 4.74 Å². The number of nitrogens with zero attached hydrogens (tertiary/aromatic N) is 4. The molecule has 2 heterocycles. The maximum atomic E-state index is 5.52. The third-order valence-electron chi connectivity index (χ3n) is 4.15. The van der Waals surface area contributed by atoms with E-state index in [1.54, 1.807) is 18.4 Å². The Kier molecular flexibility index (Phi) is 3.97. The molecule has 0 radical (unpaired) electrons. The van der Waals surface area contributed by atoms with Gasteiger partial charge in [0.05, 0.1) is 23.9 Å². The Morgan fingerprint density at radius 2 is 2.21 bits per heavy atom. The van der Waals surface area contributed by atoms with E-state index in [0.717, 1.165) is 16.1 Å². The fourth-order valence-electron chi connectivity index (χ4n) is 2.66. The average Bonchev–Trinajstić information content (AvgIpc) is 3.23. The third-order valence-corrected chi connectivity index (χ3v) is 4.93. The highest BCUT2D eigenvalue weighted by Gasteiger charge is 2.21. The number of ether oxygens (including phenoxy) is 1. The Labute approximate surface area is 143 Å². The molecule has 120 valence electrons. The van der Waals surface area contributed by atoms with Crippen LogP contribution in [-0.2, 0) is 0 Å². The van der Waals surface area contributed by atoms with Gasteiger partial charge in [0.1, 0.15) is 5.75 Å². The van der Waals surface area contributed by atoms with E-state index >= 15 is 0 Å². The van der Waals surface area contributed by atoms with Crippen LogP contribution in [0, 0.1) is 11.8 Å². The number of tetrazole rings is 1. The molecule has 24 heavy (non-hydrogen) atoms. The molecule has 1 aliphatic rings. The van der Waals surface area contributed by atoms with Gasteiger partial charge in [0.25, 0.3) is 0 Å². The van der Waals surface area contributed by atoms with Gasteiger partial charge in [-0.15, -0.1) is 21.5 Å². The Balaban J connectivity index is 1.65. The molecule has 7 heteroatoms. The number of benzene rings is 1. The Hall–Kier alpha value is -2.72. The van der Waals surface area contributed by atoms with Crippen LogP contribution in [0.3, 0.4) is 0 Å². The van der Waals surface area contributed by atoms with E-state index in [9.17, 15) is 0 Å². The standard InChI is InChI=1S/C17H15N5OS/c1-23-16-12(6-3-7-13(16)17-19-21-22-20-17)8-9-15-18-14(10-24-15)11-4-2-5-11/h3,6-7,10-11H,2,4-5H2,1H3,(H,19,20,21,22). The molecule has 0 bridgehead atoms. The molecule has 1 aliphatic carbocycles. The van der Waals surface area contributed by atoms with Gasteiger partial charge < -0.3 is 4.74 Å². The first-order valence-electron chi connectivity index (χ1n) is 7.73. The van der Waals surface area contributed by atoms with Crippen molar-refractivity contribution in [2.24, 2.45) is 0 Å². The van der Waals surface area contributed by atoms with Crippen molar-refractivity contribution in [2.75, 3.05) is 7.11 Å². The molecule has 2 aromatic heterocycles. The van der Waals surface area contributed by atoms with Crippen LogP contribution in [0.25, 0.3) is 11.4 Å². The van der Waals surface area contributed by atoms with E-state index in [-0.39, 0.29) is 0 Å². The van der Waals surface area contributed by atoms with Crippen molar-refractivity contribution in [3.8, 4) is 29.0 Å². The molecular formula is C17H15N5OS. The molecule has 0 saturated heterocycles. The lowest BCUT2D eigenvalue weighted by Gasteiger charge is -2.22. The average molecular weight is 337 g/mol. The van der Waals surface area contributed by atoms with Crippen LogP contribution >= 0.6 is 11.3 Å². The van der Waals surface area contributed by atoms with Crippen molar-refractivity contribution in [1.29, 1.82) is 0 Å².